The van der Waals surface area contributed by atoms with Gasteiger partial charge in [-0.15, -0.1) is 11.3 Å². The van der Waals surface area contributed by atoms with E-state index >= 15 is 0 Å². The minimum Gasteiger partial charge on any atom is -0.477 e. The summed E-state index contributed by atoms with van der Waals surface area (Å²) in [6.45, 7) is 4.88. The molecule has 0 amide bonds. The molecule has 20 heavy (non-hydrogen) atoms. The lowest BCUT2D eigenvalue weighted by molar-refractivity contribution is 0.0702. The number of thiophene rings is 1. The van der Waals surface area contributed by atoms with Crippen LogP contribution in [0.2, 0.25) is 0 Å². The molecule has 0 aliphatic carbocycles. The minimum absolute atomic E-state index is 0.465. The lowest BCUT2D eigenvalue weighted by Gasteiger charge is -2.26. The van der Waals surface area contributed by atoms with Crippen molar-refractivity contribution in [3.8, 4) is 0 Å². The second-order valence-electron chi connectivity index (χ2n) is 5.31. The molecule has 2 heterocycles. The van der Waals surface area contributed by atoms with Crippen LogP contribution in [0.5, 0.6) is 0 Å². The Bertz CT molecular complexity index is 630. The molecule has 0 saturated heterocycles. The molecule has 0 bridgehead atoms. The molecule has 0 saturated carbocycles. The van der Waals surface area contributed by atoms with E-state index in [9.17, 15) is 4.79 Å². The van der Waals surface area contributed by atoms with Crippen LogP contribution in [0.3, 0.4) is 0 Å². The largest absolute Gasteiger partial charge is 0.477 e. The number of fused-ring (bicyclic) bond motifs is 1. The molecule has 0 unspecified atom stereocenters. The molecule has 1 aromatic heterocycles. The van der Waals surface area contributed by atoms with Gasteiger partial charge < -0.3 is 5.11 Å². The van der Waals surface area contributed by atoms with Gasteiger partial charge in [-0.2, -0.15) is 0 Å². The van der Waals surface area contributed by atoms with E-state index in [0.717, 1.165) is 26.1 Å². The van der Waals surface area contributed by atoms with Gasteiger partial charge in [-0.3, -0.25) is 4.90 Å². The van der Waals surface area contributed by atoms with Crippen LogP contribution >= 0.6 is 11.3 Å². The lowest BCUT2D eigenvalue weighted by atomic mass is 10.1. The van der Waals surface area contributed by atoms with Crippen molar-refractivity contribution < 1.29 is 9.90 Å². The van der Waals surface area contributed by atoms with Crippen LogP contribution in [0.15, 0.2) is 30.3 Å². The smallest absolute Gasteiger partial charge is 0.345 e. The van der Waals surface area contributed by atoms with Crippen LogP contribution in [0.4, 0.5) is 0 Å². The summed E-state index contributed by atoms with van der Waals surface area (Å²) in [5, 5.41) is 9.06. The molecule has 4 heteroatoms. The highest BCUT2D eigenvalue weighted by atomic mass is 32.1. The first-order valence-corrected chi connectivity index (χ1v) is 7.56. The van der Waals surface area contributed by atoms with Gasteiger partial charge >= 0.3 is 5.97 Å². The van der Waals surface area contributed by atoms with E-state index in [2.05, 4.69) is 36.1 Å². The average molecular weight is 287 g/mol. The van der Waals surface area contributed by atoms with E-state index in [1.807, 2.05) is 6.07 Å². The first-order valence-electron chi connectivity index (χ1n) is 6.74. The monoisotopic (exact) mass is 287 g/mol. The number of carboxylic acid groups (broad SMARTS) is 1. The predicted octanol–water partition coefficient (Wildman–Crippen LogP) is 3.31. The highest BCUT2D eigenvalue weighted by Crippen LogP contribution is 2.28. The molecule has 0 spiro atoms. The topological polar surface area (TPSA) is 40.5 Å². The van der Waals surface area contributed by atoms with E-state index in [1.165, 1.54) is 32.9 Å². The molecule has 2 aromatic rings. The van der Waals surface area contributed by atoms with Gasteiger partial charge in [-0.05, 0) is 30.5 Å². The number of carboxylic acids is 1. The van der Waals surface area contributed by atoms with Crippen molar-refractivity contribution in [3.05, 3.63) is 56.8 Å². The van der Waals surface area contributed by atoms with E-state index in [4.69, 9.17) is 5.11 Å². The van der Waals surface area contributed by atoms with Gasteiger partial charge in [0.1, 0.15) is 4.88 Å². The Balaban J connectivity index is 1.72. The third-order valence-corrected chi connectivity index (χ3v) is 4.91. The van der Waals surface area contributed by atoms with Gasteiger partial charge in [0.25, 0.3) is 0 Å². The van der Waals surface area contributed by atoms with Crippen molar-refractivity contribution in [1.82, 2.24) is 4.90 Å². The zero-order valence-electron chi connectivity index (χ0n) is 11.4. The highest BCUT2D eigenvalue weighted by Gasteiger charge is 2.21. The Kier molecular flexibility index (Phi) is 3.59. The number of aryl methyl sites for hydroxylation is 1. The molecule has 3 rings (SSSR count). The molecular formula is C16H17NO2S. The van der Waals surface area contributed by atoms with Gasteiger partial charge in [-0.25, -0.2) is 4.79 Å². The van der Waals surface area contributed by atoms with Crippen LogP contribution in [0.25, 0.3) is 0 Å². The fraction of sp³-hybridized carbons (Fsp3) is 0.312. The number of hydrogen-bond donors (Lipinski definition) is 1. The van der Waals surface area contributed by atoms with Crippen LogP contribution in [0, 0.1) is 6.92 Å². The summed E-state index contributed by atoms with van der Waals surface area (Å²) in [6, 6.07) is 10.4. The second-order valence-corrected chi connectivity index (χ2v) is 6.45. The predicted molar refractivity (Wildman–Crippen MR) is 80.3 cm³/mol. The molecular weight excluding hydrogens is 270 g/mol. The molecule has 1 aliphatic rings. The van der Waals surface area contributed by atoms with Crippen molar-refractivity contribution in [1.29, 1.82) is 0 Å². The number of hydrogen-bond acceptors (Lipinski definition) is 3. The molecule has 0 fully saturated rings. The zero-order valence-corrected chi connectivity index (χ0v) is 12.2. The van der Waals surface area contributed by atoms with Gasteiger partial charge in [0.15, 0.2) is 0 Å². The Morgan fingerprint density at radius 2 is 2.10 bits per heavy atom. The number of nitrogens with zero attached hydrogens (tertiary/aromatic N) is 1. The average Bonchev–Trinajstić information content (AvgIpc) is 2.85. The van der Waals surface area contributed by atoms with Crippen molar-refractivity contribution in [2.24, 2.45) is 0 Å². The molecule has 3 nitrogen and oxygen atoms in total. The summed E-state index contributed by atoms with van der Waals surface area (Å²) < 4.78 is 0. The normalized spacial score (nSPS) is 15.1. The van der Waals surface area contributed by atoms with Crippen molar-refractivity contribution in [2.75, 3.05) is 6.54 Å². The molecule has 104 valence electrons. The van der Waals surface area contributed by atoms with E-state index in [1.54, 1.807) is 0 Å². The van der Waals surface area contributed by atoms with Gasteiger partial charge in [0.2, 0.25) is 0 Å². The quantitative estimate of drug-likeness (QED) is 0.941. The van der Waals surface area contributed by atoms with E-state index < -0.39 is 5.97 Å². The zero-order chi connectivity index (χ0) is 14.1. The Morgan fingerprint density at radius 1 is 1.35 bits per heavy atom. The third-order valence-electron chi connectivity index (χ3n) is 3.68. The van der Waals surface area contributed by atoms with E-state index in [0.29, 0.717) is 4.88 Å². The van der Waals surface area contributed by atoms with Crippen LogP contribution < -0.4 is 0 Å². The molecule has 1 aliphatic heterocycles. The van der Waals surface area contributed by atoms with Crippen molar-refractivity contribution >= 4 is 17.3 Å². The number of carbonyl (C=O) groups is 1. The van der Waals surface area contributed by atoms with Crippen molar-refractivity contribution in [3.63, 3.8) is 0 Å². The number of rotatable bonds is 3. The van der Waals surface area contributed by atoms with Crippen molar-refractivity contribution in [2.45, 2.75) is 26.4 Å². The molecule has 1 aromatic carbocycles. The highest BCUT2D eigenvalue weighted by molar-refractivity contribution is 7.14. The first kappa shape index (κ1) is 13.3. The third kappa shape index (κ3) is 2.76. The standard InChI is InChI=1S/C16H17NO2S/c1-11-2-4-12(5-3-11)9-17-7-6-14-13(10-17)8-15(20-14)16(18)19/h2-5,8H,6-7,9-10H2,1H3,(H,18,19). The Morgan fingerprint density at radius 3 is 2.80 bits per heavy atom. The van der Waals surface area contributed by atoms with E-state index in [-0.39, 0.29) is 0 Å². The Labute approximate surface area is 122 Å². The fourth-order valence-corrected chi connectivity index (χ4v) is 3.59. The summed E-state index contributed by atoms with van der Waals surface area (Å²) in [5.74, 6) is -0.811. The van der Waals surface area contributed by atoms with Gasteiger partial charge in [0, 0.05) is 24.5 Å². The number of aromatic carboxylic acids is 1. The number of benzene rings is 1. The fourth-order valence-electron chi connectivity index (χ4n) is 2.58. The Hall–Kier alpha value is -1.65. The SMILES string of the molecule is Cc1ccc(CN2CCc3sc(C(=O)O)cc3C2)cc1. The maximum Gasteiger partial charge on any atom is 0.345 e. The second kappa shape index (κ2) is 5.38. The molecule has 0 atom stereocenters. The lowest BCUT2D eigenvalue weighted by Crippen LogP contribution is -2.29. The van der Waals surface area contributed by atoms with Gasteiger partial charge in [0.05, 0.1) is 0 Å². The first-order chi connectivity index (χ1) is 9.61. The summed E-state index contributed by atoms with van der Waals surface area (Å²) in [5.41, 5.74) is 3.78. The van der Waals surface area contributed by atoms with Gasteiger partial charge in [-0.1, -0.05) is 29.8 Å². The summed E-state index contributed by atoms with van der Waals surface area (Å²) in [4.78, 5) is 15.1. The van der Waals surface area contributed by atoms with Crippen LogP contribution in [-0.4, -0.2) is 22.5 Å². The maximum atomic E-state index is 11.0. The van der Waals surface area contributed by atoms with Crippen LogP contribution in [0.1, 0.15) is 31.2 Å². The maximum absolute atomic E-state index is 11.0. The van der Waals surface area contributed by atoms with Crippen LogP contribution in [-0.2, 0) is 19.5 Å². The molecule has 1 N–H and O–H groups in total. The summed E-state index contributed by atoms with van der Waals surface area (Å²) in [7, 11) is 0. The molecule has 0 radical (unpaired) electrons. The summed E-state index contributed by atoms with van der Waals surface area (Å²) in [6.07, 6.45) is 0.957. The minimum atomic E-state index is -0.811. The summed E-state index contributed by atoms with van der Waals surface area (Å²) >= 11 is 1.43.